The molecule has 0 fully saturated rings. The van der Waals surface area contributed by atoms with Crippen molar-refractivity contribution in [2.75, 3.05) is 7.05 Å². The predicted molar refractivity (Wildman–Crippen MR) is 108 cm³/mol. The van der Waals surface area contributed by atoms with E-state index in [0.29, 0.717) is 23.0 Å². The number of aromatic nitrogens is 2. The third-order valence-electron chi connectivity index (χ3n) is 4.43. The summed E-state index contributed by atoms with van der Waals surface area (Å²) in [7, 11) is 1.69. The molecule has 0 spiro atoms. The van der Waals surface area contributed by atoms with E-state index in [9.17, 15) is 4.79 Å². The average Bonchev–Trinajstić information content (AvgIpc) is 3.28. The van der Waals surface area contributed by atoms with Crippen LogP contribution in [0.5, 0.6) is 5.75 Å². The summed E-state index contributed by atoms with van der Waals surface area (Å²) >= 11 is 6.18. The number of hydrogen-bond donors (Lipinski definition) is 0. The molecule has 0 unspecified atom stereocenters. The first-order valence-electron chi connectivity index (χ1n) is 9.13. The molecule has 2 aromatic heterocycles. The van der Waals surface area contributed by atoms with E-state index in [4.69, 9.17) is 20.8 Å². The number of carbonyl (C=O) groups excluding carboxylic acids is 1. The lowest BCUT2D eigenvalue weighted by atomic mass is 10.1. The Bertz CT molecular complexity index is 977. The fourth-order valence-electron chi connectivity index (χ4n) is 2.77. The molecule has 3 aromatic rings. The quantitative estimate of drug-likeness (QED) is 0.579. The molecular weight excluding hydrogens is 378 g/mol. The lowest BCUT2D eigenvalue weighted by Gasteiger charge is -2.14. The van der Waals surface area contributed by atoms with Crippen LogP contribution in [0.15, 0.2) is 40.9 Å². The highest BCUT2D eigenvalue weighted by atomic mass is 35.5. The Morgan fingerprint density at radius 1 is 1.29 bits per heavy atom. The van der Waals surface area contributed by atoms with Crippen LogP contribution in [0.1, 0.15) is 40.1 Å². The number of hydrogen-bond acceptors (Lipinski definition) is 4. The Morgan fingerprint density at radius 3 is 2.79 bits per heavy atom. The van der Waals surface area contributed by atoms with Gasteiger partial charge >= 0.3 is 0 Å². The number of amides is 1. The fourth-order valence-corrected chi connectivity index (χ4v) is 2.98. The molecule has 0 aliphatic rings. The van der Waals surface area contributed by atoms with Gasteiger partial charge in [0.25, 0.3) is 5.91 Å². The highest BCUT2D eigenvalue weighted by Gasteiger charge is 2.19. The number of halogens is 1. The normalized spacial score (nSPS) is 10.9. The largest absolute Gasteiger partial charge is 0.485 e. The Labute approximate surface area is 169 Å². The summed E-state index contributed by atoms with van der Waals surface area (Å²) in [6.45, 7) is 7.27. The lowest BCUT2D eigenvalue weighted by molar-refractivity contribution is 0.0747. The van der Waals surface area contributed by atoms with E-state index < -0.39 is 0 Å². The summed E-state index contributed by atoms with van der Waals surface area (Å²) in [5.41, 5.74) is 2.84. The predicted octanol–water partition coefficient (Wildman–Crippen LogP) is 4.62. The van der Waals surface area contributed by atoms with Gasteiger partial charge in [-0.25, -0.2) is 0 Å². The molecule has 0 atom stereocenters. The van der Waals surface area contributed by atoms with Crippen molar-refractivity contribution in [3.63, 3.8) is 0 Å². The van der Waals surface area contributed by atoms with Gasteiger partial charge < -0.3 is 14.1 Å². The van der Waals surface area contributed by atoms with E-state index in [1.54, 1.807) is 30.1 Å². The van der Waals surface area contributed by atoms with Crippen molar-refractivity contribution in [2.45, 2.75) is 40.5 Å². The van der Waals surface area contributed by atoms with Crippen LogP contribution in [0.2, 0.25) is 5.02 Å². The summed E-state index contributed by atoms with van der Waals surface area (Å²) in [4.78, 5) is 14.2. The van der Waals surface area contributed by atoms with Gasteiger partial charge in [0, 0.05) is 19.8 Å². The van der Waals surface area contributed by atoms with E-state index in [-0.39, 0.29) is 18.3 Å². The summed E-state index contributed by atoms with van der Waals surface area (Å²) < 4.78 is 13.3. The van der Waals surface area contributed by atoms with Crippen LogP contribution in [0.3, 0.4) is 0 Å². The summed E-state index contributed by atoms with van der Waals surface area (Å²) in [5.74, 6) is 1.42. The molecule has 1 amide bonds. The minimum absolute atomic E-state index is 0.236. The number of furan rings is 1. The highest BCUT2D eigenvalue weighted by molar-refractivity contribution is 6.31. The van der Waals surface area contributed by atoms with Gasteiger partial charge in [0.15, 0.2) is 5.76 Å². The number of carbonyl (C=O) groups is 1. The maximum absolute atomic E-state index is 12.6. The zero-order valence-corrected chi connectivity index (χ0v) is 17.3. The summed E-state index contributed by atoms with van der Waals surface area (Å²) in [5, 5.41) is 4.91. The van der Waals surface area contributed by atoms with Crippen molar-refractivity contribution in [1.82, 2.24) is 14.7 Å². The van der Waals surface area contributed by atoms with Gasteiger partial charge in [0.05, 0.1) is 11.6 Å². The SMILES string of the molecule is CCn1cc(Cl)c(CN(C)C(=O)c2ccc(COc3cc(C)ccc3C)o2)n1. The molecule has 0 aliphatic carbocycles. The molecule has 0 bridgehead atoms. The van der Waals surface area contributed by atoms with Crippen LogP contribution < -0.4 is 4.74 Å². The minimum Gasteiger partial charge on any atom is -0.485 e. The molecule has 1 aromatic carbocycles. The Balaban J connectivity index is 1.62. The first kappa shape index (κ1) is 20.0. The van der Waals surface area contributed by atoms with Gasteiger partial charge in [0.2, 0.25) is 0 Å². The minimum atomic E-state index is -0.236. The number of ether oxygens (including phenoxy) is 1. The second-order valence-electron chi connectivity index (χ2n) is 6.76. The number of aryl methyl sites for hydroxylation is 3. The molecule has 0 aliphatic heterocycles. The lowest BCUT2D eigenvalue weighted by Crippen LogP contribution is -2.26. The second-order valence-corrected chi connectivity index (χ2v) is 7.17. The van der Waals surface area contributed by atoms with E-state index in [0.717, 1.165) is 23.4 Å². The van der Waals surface area contributed by atoms with Crippen molar-refractivity contribution >= 4 is 17.5 Å². The third-order valence-corrected chi connectivity index (χ3v) is 4.75. The zero-order valence-electron chi connectivity index (χ0n) is 16.5. The van der Waals surface area contributed by atoms with E-state index >= 15 is 0 Å². The standard InChI is InChI=1S/C21H24ClN3O3/c1-5-25-11-17(22)18(23-25)12-24(4)21(26)19-9-8-16(28-19)13-27-20-10-14(2)6-7-15(20)3/h6-11H,5,12-13H2,1-4H3. The van der Waals surface area contributed by atoms with Crippen LogP contribution in [0, 0.1) is 13.8 Å². The Morgan fingerprint density at radius 2 is 2.07 bits per heavy atom. The van der Waals surface area contributed by atoms with Crippen molar-refractivity contribution in [1.29, 1.82) is 0 Å². The van der Waals surface area contributed by atoms with Gasteiger partial charge in [-0.15, -0.1) is 0 Å². The van der Waals surface area contributed by atoms with Gasteiger partial charge in [-0.1, -0.05) is 23.7 Å². The molecular formula is C21H24ClN3O3. The molecule has 6 nitrogen and oxygen atoms in total. The summed E-state index contributed by atoms with van der Waals surface area (Å²) in [6, 6.07) is 9.45. The van der Waals surface area contributed by atoms with Crippen molar-refractivity contribution in [2.24, 2.45) is 0 Å². The van der Waals surface area contributed by atoms with Crippen LogP contribution in [0.4, 0.5) is 0 Å². The monoisotopic (exact) mass is 401 g/mol. The highest BCUT2D eigenvalue weighted by Crippen LogP contribution is 2.22. The first-order valence-corrected chi connectivity index (χ1v) is 9.51. The number of benzene rings is 1. The zero-order chi connectivity index (χ0) is 20.3. The van der Waals surface area contributed by atoms with Gasteiger partial charge in [0.1, 0.15) is 23.8 Å². The van der Waals surface area contributed by atoms with Gasteiger partial charge in [-0.2, -0.15) is 5.10 Å². The van der Waals surface area contributed by atoms with Gasteiger partial charge in [-0.05, 0) is 50.1 Å². The van der Waals surface area contributed by atoms with Crippen LogP contribution in [-0.2, 0) is 19.7 Å². The molecule has 0 radical (unpaired) electrons. The number of nitrogens with zero attached hydrogens (tertiary/aromatic N) is 3. The summed E-state index contributed by atoms with van der Waals surface area (Å²) in [6.07, 6.45) is 1.75. The van der Waals surface area contributed by atoms with Crippen LogP contribution in [-0.4, -0.2) is 27.6 Å². The van der Waals surface area contributed by atoms with Crippen LogP contribution >= 0.6 is 11.6 Å². The smallest absolute Gasteiger partial charge is 0.289 e. The van der Waals surface area contributed by atoms with E-state index in [2.05, 4.69) is 5.10 Å². The number of rotatable bonds is 7. The molecule has 3 rings (SSSR count). The molecule has 148 valence electrons. The third kappa shape index (κ3) is 4.57. The molecule has 0 saturated heterocycles. The Kier molecular flexibility index (Phi) is 6.09. The Hall–Kier alpha value is -2.73. The van der Waals surface area contributed by atoms with Crippen molar-refractivity contribution in [3.05, 3.63) is 69.9 Å². The van der Waals surface area contributed by atoms with Crippen molar-refractivity contribution < 1.29 is 13.9 Å². The maximum Gasteiger partial charge on any atom is 0.289 e. The molecule has 0 N–H and O–H groups in total. The van der Waals surface area contributed by atoms with Gasteiger partial charge in [-0.3, -0.25) is 9.48 Å². The van der Waals surface area contributed by atoms with Crippen molar-refractivity contribution in [3.8, 4) is 5.75 Å². The maximum atomic E-state index is 12.6. The van der Waals surface area contributed by atoms with Crippen LogP contribution in [0.25, 0.3) is 0 Å². The van der Waals surface area contributed by atoms with E-state index in [1.807, 2.05) is 39.0 Å². The second kappa shape index (κ2) is 8.52. The molecule has 28 heavy (non-hydrogen) atoms. The fraction of sp³-hybridized carbons (Fsp3) is 0.333. The molecule has 0 saturated carbocycles. The van der Waals surface area contributed by atoms with E-state index in [1.165, 1.54) is 4.90 Å². The average molecular weight is 402 g/mol. The topological polar surface area (TPSA) is 60.5 Å². The molecule has 2 heterocycles. The first-order chi connectivity index (χ1) is 13.4. The molecule has 7 heteroatoms.